The van der Waals surface area contributed by atoms with Gasteiger partial charge in [0.2, 0.25) is 0 Å². The van der Waals surface area contributed by atoms with Crippen LogP contribution in [0.1, 0.15) is 12.0 Å². The van der Waals surface area contributed by atoms with Gasteiger partial charge in [-0.1, -0.05) is 37.9 Å². The molecule has 12 heavy (non-hydrogen) atoms. The first-order valence-corrected chi connectivity index (χ1v) is 6.14. The van der Waals surface area contributed by atoms with Crippen LogP contribution < -0.4 is 0 Å². The van der Waals surface area contributed by atoms with E-state index in [9.17, 15) is 0 Å². The summed E-state index contributed by atoms with van der Waals surface area (Å²) in [6.07, 6.45) is 2.22. The SMILES string of the molecule is Sc1cccc(Br)c1CCCBr. The fraction of sp³-hybridized carbons (Fsp3) is 0.333. The predicted octanol–water partition coefficient (Wildman–Crippen LogP) is 4.07. The molecule has 0 aromatic heterocycles. The zero-order valence-electron chi connectivity index (χ0n) is 6.56. The monoisotopic (exact) mass is 308 g/mol. The van der Waals surface area contributed by atoms with E-state index in [0.717, 1.165) is 27.5 Å². The van der Waals surface area contributed by atoms with E-state index in [-0.39, 0.29) is 0 Å². The van der Waals surface area contributed by atoms with Crippen molar-refractivity contribution in [1.29, 1.82) is 0 Å². The van der Waals surface area contributed by atoms with Gasteiger partial charge in [0.15, 0.2) is 0 Å². The molecule has 0 atom stereocenters. The van der Waals surface area contributed by atoms with E-state index in [1.54, 1.807) is 0 Å². The van der Waals surface area contributed by atoms with Gasteiger partial charge in [-0.3, -0.25) is 0 Å². The van der Waals surface area contributed by atoms with E-state index >= 15 is 0 Å². The molecule has 3 heteroatoms. The molecule has 0 saturated heterocycles. The van der Waals surface area contributed by atoms with Crippen molar-refractivity contribution >= 4 is 44.5 Å². The molecule has 0 unspecified atom stereocenters. The summed E-state index contributed by atoms with van der Waals surface area (Å²) in [5, 5.41) is 1.04. The second-order valence-corrected chi connectivity index (χ2v) is 4.66. The van der Waals surface area contributed by atoms with Crippen molar-refractivity contribution in [2.24, 2.45) is 0 Å². The summed E-state index contributed by atoms with van der Waals surface area (Å²) in [7, 11) is 0. The summed E-state index contributed by atoms with van der Waals surface area (Å²) in [6.45, 7) is 0. The second kappa shape index (κ2) is 5.30. The molecule has 0 bridgehead atoms. The van der Waals surface area contributed by atoms with E-state index in [1.165, 1.54) is 5.56 Å². The second-order valence-electron chi connectivity index (χ2n) is 2.53. The molecule has 0 radical (unpaired) electrons. The lowest BCUT2D eigenvalue weighted by Crippen LogP contribution is -1.89. The van der Waals surface area contributed by atoms with Crippen molar-refractivity contribution in [1.82, 2.24) is 0 Å². The number of halogens is 2. The fourth-order valence-corrected chi connectivity index (χ4v) is 2.35. The lowest BCUT2D eigenvalue weighted by molar-refractivity contribution is 0.911. The van der Waals surface area contributed by atoms with E-state index < -0.39 is 0 Å². The summed E-state index contributed by atoms with van der Waals surface area (Å²) in [5.74, 6) is 0. The Morgan fingerprint density at radius 2 is 2.08 bits per heavy atom. The molecular weight excluding hydrogens is 300 g/mol. The van der Waals surface area contributed by atoms with Crippen molar-refractivity contribution in [3.63, 3.8) is 0 Å². The largest absolute Gasteiger partial charge is 0.143 e. The molecule has 0 nitrogen and oxygen atoms in total. The Morgan fingerprint density at radius 1 is 1.33 bits per heavy atom. The lowest BCUT2D eigenvalue weighted by atomic mass is 10.1. The van der Waals surface area contributed by atoms with Crippen LogP contribution in [0.25, 0.3) is 0 Å². The molecule has 1 aromatic rings. The lowest BCUT2D eigenvalue weighted by Gasteiger charge is -2.05. The highest BCUT2D eigenvalue weighted by Gasteiger charge is 2.02. The van der Waals surface area contributed by atoms with Crippen LogP contribution in [0, 0.1) is 0 Å². The van der Waals surface area contributed by atoms with Crippen molar-refractivity contribution in [3.8, 4) is 0 Å². The number of thiol groups is 1. The Kier molecular flexibility index (Phi) is 4.69. The van der Waals surface area contributed by atoms with Gasteiger partial charge in [-0.05, 0) is 30.5 Å². The number of alkyl halides is 1. The summed E-state index contributed by atoms with van der Waals surface area (Å²) < 4.78 is 1.16. The highest BCUT2D eigenvalue weighted by atomic mass is 79.9. The number of hydrogen-bond acceptors (Lipinski definition) is 1. The molecule has 1 rings (SSSR count). The Balaban J connectivity index is 2.81. The molecule has 0 N–H and O–H groups in total. The van der Waals surface area contributed by atoms with E-state index in [1.807, 2.05) is 12.1 Å². The molecule has 0 spiro atoms. The molecule has 0 amide bonds. The summed E-state index contributed by atoms with van der Waals surface area (Å²) >= 11 is 11.3. The molecule has 0 saturated carbocycles. The first-order chi connectivity index (χ1) is 5.75. The van der Waals surface area contributed by atoms with Gasteiger partial charge in [0.1, 0.15) is 0 Å². The molecule has 0 aliphatic heterocycles. The van der Waals surface area contributed by atoms with Gasteiger partial charge < -0.3 is 0 Å². The number of rotatable bonds is 3. The third-order valence-electron chi connectivity index (χ3n) is 1.65. The highest BCUT2D eigenvalue weighted by molar-refractivity contribution is 9.10. The average Bonchev–Trinajstić information content (AvgIpc) is 2.04. The Labute approximate surface area is 95.4 Å². The minimum absolute atomic E-state index is 1.04. The van der Waals surface area contributed by atoms with Gasteiger partial charge in [-0.15, -0.1) is 12.6 Å². The molecule has 1 aromatic carbocycles. The number of hydrogen-bond donors (Lipinski definition) is 1. The highest BCUT2D eigenvalue weighted by Crippen LogP contribution is 2.24. The van der Waals surface area contributed by atoms with Crippen molar-refractivity contribution < 1.29 is 0 Å². The summed E-state index contributed by atoms with van der Waals surface area (Å²) in [4.78, 5) is 1.07. The molecular formula is C9H10Br2S. The minimum atomic E-state index is 1.04. The fourth-order valence-electron chi connectivity index (χ4n) is 1.04. The molecule has 0 heterocycles. The summed E-state index contributed by atoms with van der Waals surface area (Å²) in [5.41, 5.74) is 1.31. The summed E-state index contributed by atoms with van der Waals surface area (Å²) in [6, 6.07) is 6.09. The zero-order chi connectivity index (χ0) is 8.97. The topological polar surface area (TPSA) is 0 Å². The van der Waals surface area contributed by atoms with Gasteiger partial charge in [0.05, 0.1) is 0 Å². The number of benzene rings is 1. The van der Waals surface area contributed by atoms with Crippen molar-refractivity contribution in [2.75, 3.05) is 5.33 Å². The quantitative estimate of drug-likeness (QED) is 0.631. The first kappa shape index (κ1) is 10.6. The van der Waals surface area contributed by atoms with Crippen LogP contribution in [-0.4, -0.2) is 5.33 Å². The first-order valence-electron chi connectivity index (χ1n) is 3.78. The average molecular weight is 310 g/mol. The van der Waals surface area contributed by atoms with Gasteiger partial charge in [-0.25, -0.2) is 0 Å². The zero-order valence-corrected chi connectivity index (χ0v) is 10.6. The third-order valence-corrected chi connectivity index (χ3v) is 3.38. The Hall–Kier alpha value is 0.530. The molecule has 66 valence electrons. The van der Waals surface area contributed by atoms with Gasteiger partial charge >= 0.3 is 0 Å². The van der Waals surface area contributed by atoms with Crippen molar-refractivity contribution in [3.05, 3.63) is 28.2 Å². The minimum Gasteiger partial charge on any atom is -0.143 e. The third kappa shape index (κ3) is 2.79. The Morgan fingerprint density at radius 3 is 2.67 bits per heavy atom. The maximum Gasteiger partial charge on any atom is 0.0218 e. The predicted molar refractivity (Wildman–Crippen MR) is 63.5 cm³/mol. The molecule has 0 aliphatic carbocycles. The van der Waals surface area contributed by atoms with Crippen LogP contribution >= 0.6 is 44.5 Å². The van der Waals surface area contributed by atoms with E-state index in [0.29, 0.717) is 0 Å². The van der Waals surface area contributed by atoms with Crippen LogP contribution in [0.5, 0.6) is 0 Å². The van der Waals surface area contributed by atoms with Crippen LogP contribution in [0.3, 0.4) is 0 Å². The van der Waals surface area contributed by atoms with Crippen LogP contribution in [0.15, 0.2) is 27.6 Å². The van der Waals surface area contributed by atoms with Crippen molar-refractivity contribution in [2.45, 2.75) is 17.7 Å². The van der Waals surface area contributed by atoms with Gasteiger partial charge in [0.25, 0.3) is 0 Å². The van der Waals surface area contributed by atoms with Crippen LogP contribution in [-0.2, 0) is 6.42 Å². The van der Waals surface area contributed by atoms with Gasteiger partial charge in [-0.2, -0.15) is 0 Å². The molecule has 0 aliphatic rings. The van der Waals surface area contributed by atoms with E-state index in [4.69, 9.17) is 0 Å². The maximum atomic E-state index is 4.40. The standard InChI is InChI=1S/C9H10Br2S/c10-6-2-3-7-8(11)4-1-5-9(7)12/h1,4-5,12H,2-3,6H2. The van der Waals surface area contributed by atoms with E-state index in [2.05, 4.69) is 50.6 Å². The Bertz CT molecular complexity index is 240. The normalized spacial score (nSPS) is 10.2. The maximum absolute atomic E-state index is 4.40. The van der Waals surface area contributed by atoms with Crippen LogP contribution in [0.2, 0.25) is 0 Å². The molecule has 0 fully saturated rings. The smallest absolute Gasteiger partial charge is 0.0218 e. The van der Waals surface area contributed by atoms with Gasteiger partial charge in [0, 0.05) is 14.7 Å². The van der Waals surface area contributed by atoms with Crippen LogP contribution in [0.4, 0.5) is 0 Å².